The smallest absolute Gasteiger partial charge is 0.253 e. The molecule has 0 spiro atoms. The molecule has 17 heavy (non-hydrogen) atoms. The highest BCUT2D eigenvalue weighted by molar-refractivity contribution is 5.99. The summed E-state index contributed by atoms with van der Waals surface area (Å²) >= 11 is 0. The van der Waals surface area contributed by atoms with Crippen LogP contribution in [0.2, 0.25) is 0 Å². The van der Waals surface area contributed by atoms with Gasteiger partial charge in [-0.1, -0.05) is 0 Å². The van der Waals surface area contributed by atoms with Crippen molar-refractivity contribution in [2.24, 2.45) is 0 Å². The van der Waals surface area contributed by atoms with Crippen molar-refractivity contribution in [2.75, 3.05) is 32.6 Å². The van der Waals surface area contributed by atoms with Gasteiger partial charge in [-0.05, 0) is 25.1 Å². The number of amides is 1. The maximum atomic E-state index is 11.8. The Morgan fingerprint density at radius 2 is 2.24 bits per heavy atom. The van der Waals surface area contributed by atoms with Crippen molar-refractivity contribution >= 4 is 11.6 Å². The molecule has 1 rings (SSSR count). The Balaban J connectivity index is 2.61. The number of hydrogen-bond acceptors (Lipinski definition) is 4. The molecule has 1 amide bonds. The van der Waals surface area contributed by atoms with Gasteiger partial charge in [-0.2, -0.15) is 0 Å². The summed E-state index contributed by atoms with van der Waals surface area (Å²) < 4.78 is 10.2. The largest absolute Gasteiger partial charge is 0.497 e. The van der Waals surface area contributed by atoms with E-state index in [0.717, 1.165) is 0 Å². The highest BCUT2D eigenvalue weighted by Crippen LogP contribution is 2.19. The Labute approximate surface area is 101 Å². The number of hydrogen-bond donors (Lipinski definition) is 2. The standard InChI is InChI=1S/C12H18N2O3/c1-3-17-7-6-14-12(15)10-8-9(16-2)4-5-11(10)13/h4-5,8H,3,6-7,13H2,1-2H3,(H,14,15). The fraction of sp³-hybridized carbons (Fsp3) is 0.417. The molecule has 0 atom stereocenters. The summed E-state index contributed by atoms with van der Waals surface area (Å²) in [5.74, 6) is 0.385. The maximum Gasteiger partial charge on any atom is 0.253 e. The van der Waals surface area contributed by atoms with E-state index < -0.39 is 0 Å². The molecule has 94 valence electrons. The lowest BCUT2D eigenvalue weighted by Gasteiger charge is -2.09. The Morgan fingerprint density at radius 1 is 1.47 bits per heavy atom. The van der Waals surface area contributed by atoms with E-state index in [9.17, 15) is 4.79 Å². The van der Waals surface area contributed by atoms with Crippen LogP contribution >= 0.6 is 0 Å². The zero-order valence-electron chi connectivity index (χ0n) is 10.2. The molecule has 1 aromatic rings. The average Bonchev–Trinajstić information content (AvgIpc) is 2.35. The van der Waals surface area contributed by atoms with E-state index in [1.165, 1.54) is 0 Å². The lowest BCUT2D eigenvalue weighted by atomic mass is 10.1. The molecular weight excluding hydrogens is 220 g/mol. The van der Waals surface area contributed by atoms with Crippen molar-refractivity contribution in [3.05, 3.63) is 23.8 Å². The van der Waals surface area contributed by atoms with Gasteiger partial charge >= 0.3 is 0 Å². The Hall–Kier alpha value is -1.75. The Kier molecular flexibility index (Phi) is 5.29. The van der Waals surface area contributed by atoms with Crippen LogP contribution in [0.4, 0.5) is 5.69 Å². The fourth-order valence-electron chi connectivity index (χ4n) is 1.34. The van der Waals surface area contributed by atoms with Gasteiger partial charge < -0.3 is 20.5 Å². The molecule has 0 saturated heterocycles. The fourth-order valence-corrected chi connectivity index (χ4v) is 1.34. The number of carbonyl (C=O) groups excluding carboxylic acids is 1. The molecule has 0 bridgehead atoms. The van der Waals surface area contributed by atoms with Gasteiger partial charge in [0.05, 0.1) is 19.3 Å². The van der Waals surface area contributed by atoms with E-state index in [2.05, 4.69) is 5.32 Å². The van der Waals surface area contributed by atoms with Crippen LogP contribution in [0.5, 0.6) is 5.75 Å². The van der Waals surface area contributed by atoms with E-state index in [1.54, 1.807) is 25.3 Å². The number of benzene rings is 1. The molecule has 0 radical (unpaired) electrons. The van der Waals surface area contributed by atoms with Crippen LogP contribution in [0.15, 0.2) is 18.2 Å². The summed E-state index contributed by atoms with van der Waals surface area (Å²) in [5.41, 5.74) is 6.58. The van der Waals surface area contributed by atoms with Crippen LogP contribution in [0.25, 0.3) is 0 Å². The van der Waals surface area contributed by atoms with Crippen LogP contribution in [0, 0.1) is 0 Å². The summed E-state index contributed by atoms with van der Waals surface area (Å²) in [6.45, 7) is 3.49. The first-order valence-corrected chi connectivity index (χ1v) is 5.48. The summed E-state index contributed by atoms with van der Waals surface area (Å²) in [5, 5.41) is 2.73. The van der Waals surface area contributed by atoms with E-state index in [4.69, 9.17) is 15.2 Å². The molecule has 5 heteroatoms. The topological polar surface area (TPSA) is 73.6 Å². The number of carbonyl (C=O) groups is 1. The van der Waals surface area contributed by atoms with Crippen molar-refractivity contribution in [3.8, 4) is 5.75 Å². The van der Waals surface area contributed by atoms with Gasteiger partial charge in [-0.3, -0.25) is 4.79 Å². The lowest BCUT2D eigenvalue weighted by Crippen LogP contribution is -2.28. The normalized spacial score (nSPS) is 10.0. The molecule has 0 aliphatic rings. The Morgan fingerprint density at radius 3 is 2.88 bits per heavy atom. The zero-order chi connectivity index (χ0) is 12.7. The van der Waals surface area contributed by atoms with Crippen molar-refractivity contribution < 1.29 is 14.3 Å². The first-order chi connectivity index (χ1) is 8.19. The second-order valence-electron chi connectivity index (χ2n) is 3.41. The third-order valence-electron chi connectivity index (χ3n) is 2.24. The third-order valence-corrected chi connectivity index (χ3v) is 2.24. The minimum Gasteiger partial charge on any atom is -0.497 e. The number of ether oxygens (including phenoxy) is 2. The Bertz CT molecular complexity index is 380. The quantitative estimate of drug-likeness (QED) is 0.573. The second kappa shape index (κ2) is 6.75. The highest BCUT2D eigenvalue weighted by atomic mass is 16.5. The molecule has 0 aliphatic carbocycles. The van der Waals surface area contributed by atoms with Crippen LogP contribution < -0.4 is 15.8 Å². The zero-order valence-corrected chi connectivity index (χ0v) is 10.2. The number of nitrogen functional groups attached to an aromatic ring is 1. The van der Waals surface area contributed by atoms with E-state index in [0.29, 0.717) is 36.8 Å². The number of nitrogens with two attached hydrogens (primary N) is 1. The highest BCUT2D eigenvalue weighted by Gasteiger charge is 2.10. The molecule has 0 aromatic heterocycles. The summed E-state index contributed by atoms with van der Waals surface area (Å²) in [7, 11) is 1.54. The van der Waals surface area contributed by atoms with Crippen molar-refractivity contribution in [1.29, 1.82) is 0 Å². The molecule has 3 N–H and O–H groups in total. The molecule has 1 aromatic carbocycles. The predicted molar refractivity (Wildman–Crippen MR) is 66.2 cm³/mol. The van der Waals surface area contributed by atoms with Crippen LogP contribution in [0.3, 0.4) is 0 Å². The monoisotopic (exact) mass is 238 g/mol. The molecule has 0 unspecified atom stereocenters. The van der Waals surface area contributed by atoms with Gasteiger partial charge in [0.15, 0.2) is 0 Å². The summed E-state index contributed by atoms with van der Waals surface area (Å²) in [6.07, 6.45) is 0. The molecular formula is C12H18N2O3. The van der Waals surface area contributed by atoms with Gasteiger partial charge in [0.1, 0.15) is 5.75 Å². The average molecular weight is 238 g/mol. The van der Waals surface area contributed by atoms with Crippen LogP contribution in [-0.4, -0.2) is 32.8 Å². The van der Waals surface area contributed by atoms with Crippen molar-refractivity contribution in [1.82, 2.24) is 5.32 Å². The van der Waals surface area contributed by atoms with E-state index >= 15 is 0 Å². The number of nitrogens with one attached hydrogen (secondary N) is 1. The summed E-state index contributed by atoms with van der Waals surface area (Å²) in [6, 6.07) is 4.98. The molecule has 5 nitrogen and oxygen atoms in total. The third kappa shape index (κ3) is 3.96. The second-order valence-corrected chi connectivity index (χ2v) is 3.41. The van der Waals surface area contributed by atoms with Gasteiger partial charge in [0.25, 0.3) is 5.91 Å². The number of rotatable bonds is 6. The lowest BCUT2D eigenvalue weighted by molar-refractivity contribution is 0.0923. The SMILES string of the molecule is CCOCCNC(=O)c1cc(OC)ccc1N. The van der Waals surface area contributed by atoms with E-state index in [-0.39, 0.29) is 5.91 Å². The first-order valence-electron chi connectivity index (χ1n) is 5.48. The van der Waals surface area contributed by atoms with Crippen LogP contribution in [0.1, 0.15) is 17.3 Å². The minimum atomic E-state index is -0.221. The molecule has 0 aliphatic heterocycles. The molecule has 0 heterocycles. The maximum absolute atomic E-state index is 11.8. The van der Waals surface area contributed by atoms with Crippen molar-refractivity contribution in [2.45, 2.75) is 6.92 Å². The van der Waals surface area contributed by atoms with Crippen molar-refractivity contribution in [3.63, 3.8) is 0 Å². The van der Waals surface area contributed by atoms with Gasteiger partial charge in [-0.25, -0.2) is 0 Å². The molecule has 0 fully saturated rings. The molecule has 0 saturated carbocycles. The number of anilines is 1. The van der Waals surface area contributed by atoms with Gasteiger partial charge in [-0.15, -0.1) is 0 Å². The number of methoxy groups -OCH3 is 1. The van der Waals surface area contributed by atoms with Crippen LogP contribution in [-0.2, 0) is 4.74 Å². The summed E-state index contributed by atoms with van der Waals surface area (Å²) in [4.78, 5) is 11.8. The van der Waals surface area contributed by atoms with E-state index in [1.807, 2.05) is 6.92 Å². The van der Waals surface area contributed by atoms with Gasteiger partial charge in [0.2, 0.25) is 0 Å². The first kappa shape index (κ1) is 13.3. The predicted octanol–water partition coefficient (Wildman–Crippen LogP) is 1.04. The minimum absolute atomic E-state index is 0.221. The van der Waals surface area contributed by atoms with Gasteiger partial charge in [0, 0.05) is 18.8 Å².